The fourth-order valence-electron chi connectivity index (χ4n) is 2.64. The largest absolute Gasteiger partial charge is 0.401 e. The lowest BCUT2D eigenvalue weighted by Gasteiger charge is -2.36. The predicted octanol–water partition coefficient (Wildman–Crippen LogP) is 2.19. The maximum absolute atomic E-state index is 12.4. The van der Waals surface area contributed by atoms with Gasteiger partial charge in [0.1, 0.15) is 0 Å². The van der Waals surface area contributed by atoms with E-state index in [-0.39, 0.29) is 6.04 Å². The van der Waals surface area contributed by atoms with Crippen LogP contribution in [0.3, 0.4) is 0 Å². The molecule has 0 unspecified atom stereocenters. The van der Waals surface area contributed by atoms with Crippen molar-refractivity contribution >= 4 is 0 Å². The first-order chi connectivity index (χ1) is 9.92. The normalized spacial score (nSPS) is 23.4. The summed E-state index contributed by atoms with van der Waals surface area (Å²) in [5.74, 6) is 1.78. The van der Waals surface area contributed by atoms with Crippen LogP contribution in [0.4, 0.5) is 13.2 Å². The molecule has 2 fully saturated rings. The van der Waals surface area contributed by atoms with Gasteiger partial charge in [0, 0.05) is 32.1 Å². The summed E-state index contributed by atoms with van der Waals surface area (Å²) in [7, 11) is 0. The van der Waals surface area contributed by atoms with Gasteiger partial charge in [0.2, 0.25) is 5.89 Å². The van der Waals surface area contributed by atoms with Gasteiger partial charge < -0.3 is 4.52 Å². The van der Waals surface area contributed by atoms with Gasteiger partial charge >= 0.3 is 6.18 Å². The molecular formula is C13H19F3N4O. The molecule has 0 amide bonds. The van der Waals surface area contributed by atoms with Crippen molar-refractivity contribution in [2.24, 2.45) is 0 Å². The van der Waals surface area contributed by atoms with E-state index in [0.717, 1.165) is 18.7 Å². The van der Waals surface area contributed by atoms with Crippen molar-refractivity contribution in [1.29, 1.82) is 0 Å². The van der Waals surface area contributed by atoms with E-state index in [0.29, 0.717) is 38.0 Å². The minimum atomic E-state index is -4.13. The van der Waals surface area contributed by atoms with Gasteiger partial charge in [-0.05, 0) is 19.8 Å². The highest BCUT2D eigenvalue weighted by Gasteiger charge is 2.34. The third-order valence-electron chi connectivity index (χ3n) is 4.11. The highest BCUT2D eigenvalue weighted by Crippen LogP contribution is 2.38. The van der Waals surface area contributed by atoms with Crippen LogP contribution in [0.2, 0.25) is 0 Å². The third kappa shape index (κ3) is 3.74. The SMILES string of the molecule is C[C@@H](c1nc(C2CC2)no1)N1CCN(CC(F)(F)F)CC1. The van der Waals surface area contributed by atoms with Crippen LogP contribution in [0.1, 0.15) is 43.4 Å². The quantitative estimate of drug-likeness (QED) is 0.853. The van der Waals surface area contributed by atoms with Crippen LogP contribution in [0.15, 0.2) is 4.52 Å². The van der Waals surface area contributed by atoms with E-state index in [1.54, 1.807) is 0 Å². The average Bonchev–Trinajstić information content (AvgIpc) is 3.15. The second-order valence-electron chi connectivity index (χ2n) is 5.87. The van der Waals surface area contributed by atoms with E-state index >= 15 is 0 Å². The van der Waals surface area contributed by atoms with E-state index in [9.17, 15) is 13.2 Å². The first kappa shape index (κ1) is 14.8. The number of hydrogen-bond donors (Lipinski definition) is 0. The van der Waals surface area contributed by atoms with Crippen molar-refractivity contribution in [2.75, 3.05) is 32.7 Å². The Morgan fingerprint density at radius 3 is 2.48 bits per heavy atom. The van der Waals surface area contributed by atoms with E-state index in [1.807, 2.05) is 6.92 Å². The highest BCUT2D eigenvalue weighted by atomic mass is 19.4. The second kappa shape index (κ2) is 5.57. The highest BCUT2D eigenvalue weighted by molar-refractivity contribution is 5.04. The Morgan fingerprint density at radius 1 is 1.24 bits per heavy atom. The molecule has 1 aliphatic carbocycles. The minimum absolute atomic E-state index is 0.0435. The molecule has 1 saturated carbocycles. The molecule has 1 saturated heterocycles. The lowest BCUT2D eigenvalue weighted by atomic mass is 10.2. The Morgan fingerprint density at radius 2 is 1.90 bits per heavy atom. The third-order valence-corrected chi connectivity index (χ3v) is 4.11. The maximum atomic E-state index is 12.4. The first-order valence-corrected chi connectivity index (χ1v) is 7.29. The Balaban J connectivity index is 1.53. The standard InChI is InChI=1S/C13H19F3N4O/c1-9(12-17-11(18-21-12)10-2-3-10)20-6-4-19(5-7-20)8-13(14,15)16/h9-10H,2-8H2,1H3/t9-/m0/s1. The molecule has 0 bridgehead atoms. The summed E-state index contributed by atoms with van der Waals surface area (Å²) < 4.78 is 42.4. The van der Waals surface area contributed by atoms with E-state index in [2.05, 4.69) is 15.0 Å². The molecular weight excluding hydrogens is 285 g/mol. The molecule has 1 aromatic rings. The van der Waals surface area contributed by atoms with Crippen LogP contribution in [0, 0.1) is 0 Å². The van der Waals surface area contributed by atoms with E-state index in [1.165, 1.54) is 4.90 Å². The van der Waals surface area contributed by atoms with Gasteiger partial charge in [-0.3, -0.25) is 9.80 Å². The van der Waals surface area contributed by atoms with Crippen LogP contribution in [-0.2, 0) is 0 Å². The monoisotopic (exact) mass is 304 g/mol. The van der Waals surface area contributed by atoms with Gasteiger partial charge in [-0.25, -0.2) is 0 Å². The summed E-state index contributed by atoms with van der Waals surface area (Å²) in [4.78, 5) is 7.94. The van der Waals surface area contributed by atoms with E-state index in [4.69, 9.17) is 4.52 Å². The molecule has 8 heteroatoms. The van der Waals surface area contributed by atoms with Gasteiger partial charge in [0.05, 0.1) is 12.6 Å². The molecule has 2 heterocycles. The van der Waals surface area contributed by atoms with Gasteiger partial charge in [-0.1, -0.05) is 5.16 Å². The Bertz CT molecular complexity index is 478. The van der Waals surface area contributed by atoms with Crippen molar-refractivity contribution in [1.82, 2.24) is 19.9 Å². The van der Waals surface area contributed by atoms with Crippen LogP contribution in [-0.4, -0.2) is 58.8 Å². The molecule has 5 nitrogen and oxygen atoms in total. The van der Waals surface area contributed by atoms with Crippen LogP contribution >= 0.6 is 0 Å². The number of aromatic nitrogens is 2. The lowest BCUT2D eigenvalue weighted by molar-refractivity contribution is -0.149. The predicted molar refractivity (Wildman–Crippen MR) is 68.8 cm³/mol. The summed E-state index contributed by atoms with van der Waals surface area (Å²) in [6, 6.07) is -0.0435. The molecule has 118 valence electrons. The number of rotatable bonds is 4. The molecule has 1 atom stereocenters. The zero-order valence-corrected chi connectivity index (χ0v) is 11.9. The summed E-state index contributed by atoms with van der Waals surface area (Å²) >= 11 is 0. The summed E-state index contributed by atoms with van der Waals surface area (Å²) in [5, 5.41) is 3.99. The number of nitrogens with zero attached hydrogens (tertiary/aromatic N) is 4. The fraction of sp³-hybridized carbons (Fsp3) is 0.846. The van der Waals surface area contributed by atoms with Crippen LogP contribution < -0.4 is 0 Å². The van der Waals surface area contributed by atoms with Crippen molar-refractivity contribution in [2.45, 2.75) is 37.9 Å². The average molecular weight is 304 g/mol. The lowest BCUT2D eigenvalue weighted by Crippen LogP contribution is -2.49. The van der Waals surface area contributed by atoms with Crippen LogP contribution in [0.25, 0.3) is 0 Å². The topological polar surface area (TPSA) is 45.4 Å². The molecule has 3 rings (SSSR count). The summed E-state index contributed by atoms with van der Waals surface area (Å²) in [6.07, 6.45) is -1.90. The number of alkyl halides is 3. The van der Waals surface area contributed by atoms with Crippen molar-refractivity contribution in [3.05, 3.63) is 11.7 Å². The van der Waals surface area contributed by atoms with Gasteiger partial charge in [-0.2, -0.15) is 18.2 Å². The molecule has 1 aliphatic heterocycles. The number of piperazine rings is 1. The molecule has 2 aliphatic rings. The zero-order chi connectivity index (χ0) is 15.0. The minimum Gasteiger partial charge on any atom is -0.338 e. The maximum Gasteiger partial charge on any atom is 0.401 e. The summed E-state index contributed by atoms with van der Waals surface area (Å²) in [6.45, 7) is 3.11. The summed E-state index contributed by atoms with van der Waals surface area (Å²) in [5.41, 5.74) is 0. The van der Waals surface area contributed by atoms with Crippen molar-refractivity contribution in [3.8, 4) is 0 Å². The molecule has 0 radical (unpaired) electrons. The van der Waals surface area contributed by atoms with Crippen molar-refractivity contribution < 1.29 is 17.7 Å². The Labute approximate surface area is 121 Å². The molecule has 0 spiro atoms. The fourth-order valence-corrected chi connectivity index (χ4v) is 2.64. The molecule has 0 N–H and O–H groups in total. The first-order valence-electron chi connectivity index (χ1n) is 7.29. The van der Waals surface area contributed by atoms with Gasteiger partial charge in [0.15, 0.2) is 5.82 Å². The van der Waals surface area contributed by atoms with Crippen molar-refractivity contribution in [3.63, 3.8) is 0 Å². The molecule has 1 aromatic heterocycles. The molecule has 21 heavy (non-hydrogen) atoms. The second-order valence-corrected chi connectivity index (χ2v) is 5.87. The Hall–Kier alpha value is -1.15. The molecule has 0 aromatic carbocycles. The number of hydrogen-bond acceptors (Lipinski definition) is 5. The van der Waals surface area contributed by atoms with E-state index < -0.39 is 12.7 Å². The Kier molecular flexibility index (Phi) is 3.92. The smallest absolute Gasteiger partial charge is 0.338 e. The van der Waals surface area contributed by atoms with Gasteiger partial charge in [-0.15, -0.1) is 0 Å². The van der Waals surface area contributed by atoms with Crippen LogP contribution in [0.5, 0.6) is 0 Å². The van der Waals surface area contributed by atoms with Gasteiger partial charge in [0.25, 0.3) is 0 Å². The number of halogens is 3. The zero-order valence-electron chi connectivity index (χ0n) is 11.9.